The fraction of sp³-hybridized carbons (Fsp3) is 0.188. The van der Waals surface area contributed by atoms with E-state index >= 15 is 0 Å². The first kappa shape index (κ1) is 12.5. The summed E-state index contributed by atoms with van der Waals surface area (Å²) in [6.07, 6.45) is -0.436. The van der Waals surface area contributed by atoms with E-state index < -0.39 is 6.23 Å². The largest absolute Gasteiger partial charge is 0.434 e. The number of benzene rings is 2. The Bertz CT molecular complexity index is 635. The Balaban J connectivity index is 1.88. The van der Waals surface area contributed by atoms with E-state index in [0.717, 1.165) is 16.9 Å². The lowest BCUT2D eigenvalue weighted by molar-refractivity contribution is 0.0330. The number of hydrogen-bond donors (Lipinski definition) is 1. The van der Waals surface area contributed by atoms with E-state index in [9.17, 15) is 4.79 Å². The standard InChI is InChI=1S/C16H16N2O2/c1-18(2)12-9-7-11(8-10-12)15-17-14-6-4-3-5-13(14)16(19)20-15/h3-10,15,17H,1-2H3. The zero-order chi connectivity index (χ0) is 14.1. The van der Waals surface area contributed by atoms with Crippen LogP contribution in [-0.2, 0) is 4.74 Å². The lowest BCUT2D eigenvalue weighted by atomic mass is 10.1. The lowest BCUT2D eigenvalue weighted by Gasteiger charge is -2.27. The first-order chi connectivity index (χ1) is 9.65. The van der Waals surface area contributed by atoms with Gasteiger partial charge in [-0.1, -0.05) is 24.3 Å². The topological polar surface area (TPSA) is 41.6 Å². The van der Waals surface area contributed by atoms with Gasteiger partial charge in [-0.25, -0.2) is 4.79 Å². The van der Waals surface area contributed by atoms with E-state index in [-0.39, 0.29) is 5.97 Å². The van der Waals surface area contributed by atoms with Gasteiger partial charge in [-0.05, 0) is 24.3 Å². The van der Waals surface area contributed by atoms with Crippen molar-refractivity contribution in [3.05, 3.63) is 59.7 Å². The number of cyclic esters (lactones) is 1. The number of carbonyl (C=O) groups is 1. The summed E-state index contributed by atoms with van der Waals surface area (Å²) in [5.74, 6) is -0.291. The third kappa shape index (κ3) is 2.20. The van der Waals surface area contributed by atoms with Gasteiger partial charge in [0.25, 0.3) is 0 Å². The van der Waals surface area contributed by atoms with Crippen LogP contribution in [0.1, 0.15) is 22.1 Å². The highest BCUT2D eigenvalue weighted by Gasteiger charge is 2.26. The number of nitrogens with one attached hydrogen (secondary N) is 1. The number of carbonyl (C=O) groups excluding carboxylic acids is 1. The van der Waals surface area contributed by atoms with Crippen LogP contribution in [0, 0.1) is 0 Å². The zero-order valence-corrected chi connectivity index (χ0v) is 11.5. The Kier molecular flexibility index (Phi) is 3.06. The summed E-state index contributed by atoms with van der Waals surface area (Å²) in [6, 6.07) is 15.3. The molecule has 2 aromatic rings. The molecule has 0 fully saturated rings. The molecule has 0 amide bonds. The molecular weight excluding hydrogens is 252 g/mol. The molecule has 0 saturated heterocycles. The fourth-order valence-electron chi connectivity index (χ4n) is 2.23. The van der Waals surface area contributed by atoms with Crippen LogP contribution < -0.4 is 10.2 Å². The van der Waals surface area contributed by atoms with Crippen molar-refractivity contribution in [3.8, 4) is 0 Å². The van der Waals surface area contributed by atoms with Gasteiger partial charge in [-0.2, -0.15) is 0 Å². The minimum Gasteiger partial charge on any atom is -0.434 e. The second kappa shape index (κ2) is 4.89. The van der Waals surface area contributed by atoms with Crippen molar-refractivity contribution >= 4 is 17.3 Å². The molecule has 4 heteroatoms. The summed E-state index contributed by atoms with van der Waals surface area (Å²) in [5.41, 5.74) is 3.42. The molecule has 1 N–H and O–H groups in total. The molecule has 0 aliphatic carbocycles. The highest BCUT2D eigenvalue weighted by molar-refractivity contribution is 5.97. The van der Waals surface area contributed by atoms with Crippen molar-refractivity contribution < 1.29 is 9.53 Å². The molecule has 1 aliphatic rings. The Morgan fingerprint density at radius 1 is 1.05 bits per heavy atom. The normalized spacial score (nSPS) is 16.9. The molecule has 0 radical (unpaired) electrons. The molecule has 1 heterocycles. The molecule has 1 atom stereocenters. The van der Waals surface area contributed by atoms with E-state index in [1.807, 2.05) is 61.5 Å². The van der Waals surface area contributed by atoms with E-state index in [0.29, 0.717) is 5.56 Å². The molecule has 0 spiro atoms. The number of ether oxygens (including phenoxy) is 1. The van der Waals surface area contributed by atoms with Crippen molar-refractivity contribution in [2.45, 2.75) is 6.23 Å². The van der Waals surface area contributed by atoms with Crippen LogP contribution in [0.15, 0.2) is 48.5 Å². The zero-order valence-electron chi connectivity index (χ0n) is 11.5. The minimum absolute atomic E-state index is 0.291. The lowest BCUT2D eigenvalue weighted by Crippen LogP contribution is -2.25. The number of nitrogens with zero attached hydrogens (tertiary/aromatic N) is 1. The summed E-state index contributed by atoms with van der Waals surface area (Å²) < 4.78 is 5.44. The highest BCUT2D eigenvalue weighted by Crippen LogP contribution is 2.30. The van der Waals surface area contributed by atoms with Gasteiger partial charge in [0.2, 0.25) is 0 Å². The third-order valence-corrected chi connectivity index (χ3v) is 3.37. The minimum atomic E-state index is -0.436. The van der Waals surface area contributed by atoms with Crippen LogP contribution in [0.4, 0.5) is 11.4 Å². The Labute approximate surface area is 118 Å². The average Bonchev–Trinajstić information content (AvgIpc) is 2.47. The van der Waals surface area contributed by atoms with Crippen LogP contribution in [-0.4, -0.2) is 20.1 Å². The van der Waals surface area contributed by atoms with Gasteiger partial charge in [0.15, 0.2) is 6.23 Å². The van der Waals surface area contributed by atoms with Gasteiger partial charge in [-0.3, -0.25) is 0 Å². The van der Waals surface area contributed by atoms with Crippen molar-refractivity contribution in [2.75, 3.05) is 24.3 Å². The number of rotatable bonds is 2. The molecule has 0 saturated carbocycles. The molecule has 0 bridgehead atoms. The summed E-state index contributed by atoms with van der Waals surface area (Å²) in [4.78, 5) is 14.0. The van der Waals surface area contributed by atoms with Gasteiger partial charge < -0.3 is 15.0 Å². The molecule has 0 aromatic heterocycles. The Hall–Kier alpha value is -2.49. The van der Waals surface area contributed by atoms with Crippen molar-refractivity contribution in [1.82, 2.24) is 0 Å². The van der Waals surface area contributed by atoms with E-state index in [1.165, 1.54) is 0 Å². The maximum atomic E-state index is 12.0. The molecule has 102 valence electrons. The van der Waals surface area contributed by atoms with E-state index in [4.69, 9.17) is 4.74 Å². The Morgan fingerprint density at radius 2 is 1.75 bits per heavy atom. The van der Waals surface area contributed by atoms with Gasteiger partial charge in [0.1, 0.15) is 0 Å². The number of hydrogen-bond acceptors (Lipinski definition) is 4. The van der Waals surface area contributed by atoms with Gasteiger partial charge in [0, 0.05) is 25.3 Å². The van der Waals surface area contributed by atoms with Gasteiger partial charge in [0.05, 0.1) is 11.3 Å². The third-order valence-electron chi connectivity index (χ3n) is 3.37. The summed E-state index contributed by atoms with van der Waals surface area (Å²) in [5, 5.41) is 3.24. The van der Waals surface area contributed by atoms with Crippen molar-refractivity contribution in [1.29, 1.82) is 0 Å². The monoisotopic (exact) mass is 268 g/mol. The second-order valence-corrected chi connectivity index (χ2v) is 4.96. The molecular formula is C16H16N2O2. The quantitative estimate of drug-likeness (QED) is 0.850. The first-order valence-electron chi connectivity index (χ1n) is 6.49. The molecule has 20 heavy (non-hydrogen) atoms. The number of anilines is 2. The Morgan fingerprint density at radius 3 is 2.45 bits per heavy atom. The smallest absolute Gasteiger partial charge is 0.342 e. The summed E-state index contributed by atoms with van der Waals surface area (Å²) >= 11 is 0. The summed E-state index contributed by atoms with van der Waals surface area (Å²) in [6.45, 7) is 0. The number of esters is 1. The van der Waals surface area contributed by atoms with Crippen molar-refractivity contribution in [3.63, 3.8) is 0 Å². The molecule has 2 aromatic carbocycles. The maximum absolute atomic E-state index is 12.0. The van der Waals surface area contributed by atoms with E-state index in [2.05, 4.69) is 5.32 Å². The van der Waals surface area contributed by atoms with Crippen molar-refractivity contribution in [2.24, 2.45) is 0 Å². The first-order valence-corrected chi connectivity index (χ1v) is 6.49. The molecule has 1 unspecified atom stereocenters. The fourth-order valence-corrected chi connectivity index (χ4v) is 2.23. The van der Waals surface area contributed by atoms with Crippen LogP contribution in [0.5, 0.6) is 0 Å². The highest BCUT2D eigenvalue weighted by atomic mass is 16.6. The summed E-state index contributed by atoms with van der Waals surface area (Å²) in [7, 11) is 3.98. The second-order valence-electron chi connectivity index (χ2n) is 4.96. The predicted octanol–water partition coefficient (Wildman–Crippen LogP) is 3.03. The average molecular weight is 268 g/mol. The van der Waals surface area contributed by atoms with Crippen LogP contribution in [0.3, 0.4) is 0 Å². The predicted molar refractivity (Wildman–Crippen MR) is 79.0 cm³/mol. The van der Waals surface area contributed by atoms with Gasteiger partial charge in [-0.15, -0.1) is 0 Å². The van der Waals surface area contributed by atoms with Crippen LogP contribution in [0.25, 0.3) is 0 Å². The van der Waals surface area contributed by atoms with Crippen LogP contribution in [0.2, 0.25) is 0 Å². The van der Waals surface area contributed by atoms with E-state index in [1.54, 1.807) is 6.07 Å². The number of fused-ring (bicyclic) bond motifs is 1. The molecule has 3 rings (SSSR count). The molecule has 4 nitrogen and oxygen atoms in total. The number of para-hydroxylation sites is 1. The SMILES string of the molecule is CN(C)c1ccc(C2Nc3ccccc3C(=O)O2)cc1. The van der Waals surface area contributed by atoms with Gasteiger partial charge >= 0.3 is 5.97 Å². The maximum Gasteiger partial charge on any atom is 0.342 e. The van der Waals surface area contributed by atoms with Crippen LogP contribution >= 0.6 is 0 Å². The molecule has 1 aliphatic heterocycles.